The lowest BCUT2D eigenvalue weighted by atomic mass is 9.96. The summed E-state index contributed by atoms with van der Waals surface area (Å²) in [6.45, 7) is 4.10. The Morgan fingerprint density at radius 3 is 2.65 bits per heavy atom. The molecule has 1 unspecified atom stereocenters. The molecule has 1 aliphatic rings. The van der Waals surface area contributed by atoms with Crippen molar-refractivity contribution in [1.82, 2.24) is 14.0 Å². The minimum Gasteiger partial charge on any atom is -0.357 e. The number of amides is 1. The van der Waals surface area contributed by atoms with E-state index >= 15 is 0 Å². The zero-order valence-electron chi connectivity index (χ0n) is 14.4. The van der Waals surface area contributed by atoms with E-state index in [2.05, 4.69) is 0 Å². The molecule has 1 fully saturated rings. The van der Waals surface area contributed by atoms with E-state index in [1.807, 2.05) is 18.9 Å². The van der Waals surface area contributed by atoms with Crippen LogP contribution in [0.3, 0.4) is 0 Å². The van der Waals surface area contributed by atoms with Crippen LogP contribution >= 0.6 is 0 Å². The summed E-state index contributed by atoms with van der Waals surface area (Å²) in [7, 11) is 4.96. The van der Waals surface area contributed by atoms with Crippen molar-refractivity contribution in [2.24, 2.45) is 20.0 Å². The summed E-state index contributed by atoms with van der Waals surface area (Å²) in [4.78, 5) is 40.3. The highest BCUT2D eigenvalue weighted by molar-refractivity contribution is 5.79. The first-order valence-electron chi connectivity index (χ1n) is 8.13. The molecule has 0 bridgehead atoms. The van der Waals surface area contributed by atoms with Crippen molar-refractivity contribution in [2.75, 3.05) is 31.6 Å². The smallest absolute Gasteiger partial charge is 0.332 e. The molecule has 1 aliphatic heterocycles. The molecule has 2 heterocycles. The van der Waals surface area contributed by atoms with E-state index in [9.17, 15) is 14.4 Å². The second-order valence-corrected chi connectivity index (χ2v) is 6.29. The van der Waals surface area contributed by atoms with E-state index in [-0.39, 0.29) is 23.1 Å². The fraction of sp³-hybridized carbons (Fsp3) is 0.688. The Hall–Kier alpha value is -2.05. The number of carbonyl (C=O) groups is 1. The standard InChI is InChI=1S/C16H26N4O3/c1-5-8-17(2)15(22)12-7-6-9-20(11-12)13-10-14(21)19(4)16(23)18(13)3/h10,12H,5-9,11H2,1-4H3. The summed E-state index contributed by atoms with van der Waals surface area (Å²) in [6, 6.07) is 1.48. The summed E-state index contributed by atoms with van der Waals surface area (Å²) in [5.74, 6) is 0.651. The fourth-order valence-corrected chi connectivity index (χ4v) is 3.17. The van der Waals surface area contributed by atoms with Crippen LogP contribution < -0.4 is 16.1 Å². The van der Waals surface area contributed by atoms with Crippen LogP contribution in [0.25, 0.3) is 0 Å². The van der Waals surface area contributed by atoms with Crippen LogP contribution in [-0.2, 0) is 18.9 Å². The second-order valence-electron chi connectivity index (χ2n) is 6.29. The molecule has 1 aromatic heterocycles. The van der Waals surface area contributed by atoms with Gasteiger partial charge in [-0.05, 0) is 19.3 Å². The van der Waals surface area contributed by atoms with Gasteiger partial charge in [0.2, 0.25) is 5.91 Å². The van der Waals surface area contributed by atoms with Crippen molar-refractivity contribution in [3.8, 4) is 0 Å². The molecule has 0 saturated carbocycles. The lowest BCUT2D eigenvalue weighted by Crippen LogP contribution is -2.47. The Labute approximate surface area is 136 Å². The molecule has 7 nitrogen and oxygen atoms in total. The van der Waals surface area contributed by atoms with Gasteiger partial charge < -0.3 is 9.80 Å². The van der Waals surface area contributed by atoms with Crippen molar-refractivity contribution in [1.29, 1.82) is 0 Å². The van der Waals surface area contributed by atoms with Gasteiger partial charge in [0.05, 0.1) is 5.92 Å². The average molecular weight is 322 g/mol. The maximum Gasteiger partial charge on any atom is 0.332 e. The van der Waals surface area contributed by atoms with Gasteiger partial charge in [0.1, 0.15) is 5.82 Å². The summed E-state index contributed by atoms with van der Waals surface area (Å²) in [5.41, 5.74) is -0.663. The molecule has 1 saturated heterocycles. The topological polar surface area (TPSA) is 67.6 Å². The first kappa shape index (κ1) is 17.3. The molecule has 0 N–H and O–H groups in total. The minimum absolute atomic E-state index is 0.0838. The van der Waals surface area contributed by atoms with Gasteiger partial charge in [-0.15, -0.1) is 0 Å². The van der Waals surface area contributed by atoms with Crippen molar-refractivity contribution in [3.63, 3.8) is 0 Å². The van der Waals surface area contributed by atoms with Gasteiger partial charge in [-0.25, -0.2) is 4.79 Å². The molecule has 23 heavy (non-hydrogen) atoms. The molecule has 128 valence electrons. The number of piperidine rings is 1. The summed E-state index contributed by atoms with van der Waals surface area (Å²) in [6.07, 6.45) is 2.66. The van der Waals surface area contributed by atoms with Gasteiger partial charge in [-0.2, -0.15) is 0 Å². The molecule has 1 amide bonds. The Morgan fingerprint density at radius 1 is 1.30 bits per heavy atom. The quantitative estimate of drug-likeness (QED) is 0.792. The van der Waals surface area contributed by atoms with Gasteiger partial charge in [-0.3, -0.25) is 18.7 Å². The lowest BCUT2D eigenvalue weighted by Gasteiger charge is -2.35. The number of nitrogens with zero attached hydrogens (tertiary/aromatic N) is 4. The average Bonchev–Trinajstić information content (AvgIpc) is 2.55. The van der Waals surface area contributed by atoms with Gasteiger partial charge in [-0.1, -0.05) is 6.92 Å². The molecule has 1 aromatic rings. The maximum atomic E-state index is 12.5. The third kappa shape index (κ3) is 3.48. The zero-order valence-corrected chi connectivity index (χ0v) is 14.4. The van der Waals surface area contributed by atoms with Crippen molar-refractivity contribution in [2.45, 2.75) is 26.2 Å². The molecule has 0 spiro atoms. The van der Waals surface area contributed by atoms with Gasteiger partial charge >= 0.3 is 5.69 Å². The molecule has 7 heteroatoms. The van der Waals surface area contributed by atoms with Crippen LogP contribution in [0.5, 0.6) is 0 Å². The van der Waals surface area contributed by atoms with Gasteiger partial charge in [0, 0.05) is 46.8 Å². The molecule has 0 radical (unpaired) electrons. The van der Waals surface area contributed by atoms with Crippen LogP contribution in [0, 0.1) is 5.92 Å². The normalized spacial score (nSPS) is 18.1. The number of anilines is 1. The van der Waals surface area contributed by atoms with E-state index in [0.717, 1.165) is 36.9 Å². The predicted octanol–water partition coefficient (Wildman–Crippen LogP) is 0.169. The van der Waals surface area contributed by atoms with Crippen molar-refractivity contribution >= 4 is 11.7 Å². The first-order valence-corrected chi connectivity index (χ1v) is 8.13. The molecular weight excluding hydrogens is 296 g/mol. The van der Waals surface area contributed by atoms with E-state index in [1.165, 1.54) is 17.7 Å². The Morgan fingerprint density at radius 2 is 2.00 bits per heavy atom. The van der Waals surface area contributed by atoms with E-state index in [0.29, 0.717) is 12.4 Å². The number of aromatic nitrogens is 2. The second kappa shape index (κ2) is 7.02. The lowest BCUT2D eigenvalue weighted by molar-refractivity contribution is -0.134. The third-order valence-electron chi connectivity index (χ3n) is 4.53. The maximum absolute atomic E-state index is 12.5. The zero-order chi connectivity index (χ0) is 17.1. The van der Waals surface area contributed by atoms with Crippen molar-refractivity contribution < 1.29 is 4.79 Å². The highest BCUT2D eigenvalue weighted by atomic mass is 16.2. The van der Waals surface area contributed by atoms with Crippen molar-refractivity contribution in [3.05, 3.63) is 26.9 Å². The van der Waals surface area contributed by atoms with Crippen LogP contribution in [0.1, 0.15) is 26.2 Å². The number of carbonyl (C=O) groups excluding carboxylic acids is 1. The molecule has 2 rings (SSSR count). The fourth-order valence-electron chi connectivity index (χ4n) is 3.17. The highest BCUT2D eigenvalue weighted by Gasteiger charge is 2.29. The molecular formula is C16H26N4O3. The Kier molecular flexibility index (Phi) is 5.28. The monoisotopic (exact) mass is 322 g/mol. The third-order valence-corrected chi connectivity index (χ3v) is 4.53. The van der Waals surface area contributed by atoms with Crippen LogP contribution in [0.4, 0.5) is 5.82 Å². The van der Waals surface area contributed by atoms with Crippen LogP contribution in [0.15, 0.2) is 15.7 Å². The van der Waals surface area contributed by atoms with E-state index in [1.54, 1.807) is 11.9 Å². The number of hydrogen-bond acceptors (Lipinski definition) is 4. The summed E-state index contributed by atoms with van der Waals surface area (Å²) in [5, 5.41) is 0. The molecule has 1 atom stereocenters. The van der Waals surface area contributed by atoms with Crippen LogP contribution in [0.2, 0.25) is 0 Å². The predicted molar refractivity (Wildman–Crippen MR) is 89.8 cm³/mol. The van der Waals surface area contributed by atoms with Crippen LogP contribution in [-0.4, -0.2) is 46.6 Å². The highest BCUT2D eigenvalue weighted by Crippen LogP contribution is 2.22. The molecule has 0 aromatic carbocycles. The summed E-state index contributed by atoms with van der Waals surface area (Å²) >= 11 is 0. The Bertz CT molecular complexity index is 692. The summed E-state index contributed by atoms with van der Waals surface area (Å²) < 4.78 is 2.56. The SMILES string of the molecule is CCCN(C)C(=O)C1CCCN(c2cc(=O)n(C)c(=O)n2C)C1. The van der Waals surface area contributed by atoms with Gasteiger partial charge in [0.25, 0.3) is 5.56 Å². The van der Waals surface area contributed by atoms with E-state index in [4.69, 9.17) is 0 Å². The molecule has 0 aliphatic carbocycles. The van der Waals surface area contributed by atoms with Gasteiger partial charge in [0.15, 0.2) is 0 Å². The van der Waals surface area contributed by atoms with E-state index < -0.39 is 0 Å². The number of rotatable bonds is 4. The minimum atomic E-state index is -0.343. The first-order chi connectivity index (χ1) is 10.9. The number of hydrogen-bond donors (Lipinski definition) is 0. The Balaban J connectivity index is 2.24. The largest absolute Gasteiger partial charge is 0.357 e.